The predicted molar refractivity (Wildman–Crippen MR) is 90.1 cm³/mol. The minimum atomic E-state index is -0.458. The molecule has 0 spiro atoms. The molecule has 1 aromatic carbocycles. The van der Waals surface area contributed by atoms with Crippen LogP contribution in [0.4, 0.5) is 0 Å². The van der Waals surface area contributed by atoms with Gasteiger partial charge in [0, 0.05) is 17.5 Å². The monoisotopic (exact) mass is 332 g/mol. The average Bonchev–Trinajstić information content (AvgIpc) is 2.96. The van der Waals surface area contributed by atoms with Crippen molar-refractivity contribution < 1.29 is 24.2 Å². The van der Waals surface area contributed by atoms with Crippen LogP contribution in [-0.4, -0.2) is 24.2 Å². The fourth-order valence-electron chi connectivity index (χ4n) is 3.12. The molecule has 5 heteroatoms. The quantitative estimate of drug-likeness (QED) is 0.638. The van der Waals surface area contributed by atoms with Crippen LogP contribution in [0.1, 0.15) is 59.3 Å². The number of hydrogen-bond donors (Lipinski definition) is 1. The molecule has 0 aliphatic carbocycles. The van der Waals surface area contributed by atoms with Crippen molar-refractivity contribution in [3.63, 3.8) is 0 Å². The van der Waals surface area contributed by atoms with Crippen molar-refractivity contribution >= 4 is 11.9 Å². The van der Waals surface area contributed by atoms with E-state index in [1.807, 2.05) is 26.8 Å². The highest BCUT2D eigenvalue weighted by Crippen LogP contribution is 2.38. The third kappa shape index (κ3) is 3.45. The third-order valence-electron chi connectivity index (χ3n) is 4.61. The number of rotatable bonds is 6. The van der Waals surface area contributed by atoms with Gasteiger partial charge in [0.1, 0.15) is 17.9 Å². The molecular weight excluding hydrogens is 308 g/mol. The fraction of sp³-hybridized carbons (Fsp3) is 0.474. The van der Waals surface area contributed by atoms with Gasteiger partial charge in [0.25, 0.3) is 0 Å². The molecule has 1 N–H and O–H groups in total. The number of ether oxygens (including phenoxy) is 2. The number of phenolic OH excluding ortho intramolecular Hbond substituents is 1. The number of hydrogen-bond acceptors (Lipinski definition) is 5. The molecule has 130 valence electrons. The Morgan fingerprint density at radius 1 is 1.33 bits per heavy atom. The van der Waals surface area contributed by atoms with Crippen LogP contribution in [0.2, 0.25) is 0 Å². The zero-order chi connectivity index (χ0) is 17.9. The maximum Gasteiger partial charge on any atom is 0.342 e. The molecule has 2 rings (SSSR count). The second-order valence-electron chi connectivity index (χ2n) is 6.04. The van der Waals surface area contributed by atoms with Gasteiger partial charge in [-0.3, -0.25) is 4.79 Å². The molecular formula is C19H24O5. The van der Waals surface area contributed by atoms with Crippen molar-refractivity contribution in [2.24, 2.45) is 0 Å². The molecule has 0 aromatic heterocycles. The van der Waals surface area contributed by atoms with E-state index in [1.165, 1.54) is 7.11 Å². The summed E-state index contributed by atoms with van der Waals surface area (Å²) in [6, 6.07) is 0. The van der Waals surface area contributed by atoms with Crippen LogP contribution in [-0.2, 0) is 33.7 Å². The van der Waals surface area contributed by atoms with E-state index in [4.69, 9.17) is 4.74 Å². The van der Waals surface area contributed by atoms with E-state index in [0.29, 0.717) is 24.8 Å². The molecule has 0 amide bonds. The Morgan fingerprint density at radius 3 is 2.67 bits per heavy atom. The van der Waals surface area contributed by atoms with E-state index in [0.717, 1.165) is 34.2 Å². The highest BCUT2D eigenvalue weighted by atomic mass is 16.5. The van der Waals surface area contributed by atoms with Crippen molar-refractivity contribution in [1.29, 1.82) is 0 Å². The molecule has 0 fully saturated rings. The van der Waals surface area contributed by atoms with E-state index >= 15 is 0 Å². The lowest BCUT2D eigenvalue weighted by Crippen LogP contribution is -2.04. The van der Waals surface area contributed by atoms with Crippen molar-refractivity contribution in [1.82, 2.24) is 0 Å². The topological polar surface area (TPSA) is 72.8 Å². The van der Waals surface area contributed by atoms with Gasteiger partial charge in [-0.1, -0.05) is 18.6 Å². The number of fused-ring (bicyclic) bond motifs is 1. The summed E-state index contributed by atoms with van der Waals surface area (Å²) in [6.45, 7) is 6.18. The number of carbonyl (C=O) groups is 2. The number of benzene rings is 1. The van der Waals surface area contributed by atoms with Gasteiger partial charge < -0.3 is 14.6 Å². The first-order valence-electron chi connectivity index (χ1n) is 8.16. The van der Waals surface area contributed by atoms with E-state index in [9.17, 15) is 14.7 Å². The molecule has 0 atom stereocenters. The minimum absolute atomic E-state index is 0.0342. The molecule has 1 heterocycles. The van der Waals surface area contributed by atoms with Crippen LogP contribution in [0.5, 0.6) is 5.75 Å². The Kier molecular flexibility index (Phi) is 5.65. The van der Waals surface area contributed by atoms with E-state index in [1.54, 1.807) is 0 Å². The maximum absolute atomic E-state index is 11.9. The van der Waals surface area contributed by atoms with Crippen LogP contribution in [0.25, 0.3) is 0 Å². The summed E-state index contributed by atoms with van der Waals surface area (Å²) in [7, 11) is 1.37. The summed E-state index contributed by atoms with van der Waals surface area (Å²) in [5.41, 5.74) is 4.99. The second-order valence-corrected chi connectivity index (χ2v) is 6.04. The molecule has 0 bridgehead atoms. The van der Waals surface area contributed by atoms with Crippen molar-refractivity contribution in [3.05, 3.63) is 39.5 Å². The Balaban J connectivity index is 2.30. The lowest BCUT2D eigenvalue weighted by molar-refractivity contribution is -0.140. The molecule has 5 nitrogen and oxygen atoms in total. The molecule has 0 radical (unpaired) electrons. The molecule has 1 aliphatic rings. The predicted octanol–water partition coefficient (Wildman–Crippen LogP) is 3.38. The SMILES string of the molecule is CCc1c(C)c2c(c(O)c1C/C=C(\C)CCC(=O)OC)C(=O)OC2. The van der Waals surface area contributed by atoms with Gasteiger partial charge in [0.05, 0.1) is 7.11 Å². The summed E-state index contributed by atoms with van der Waals surface area (Å²) in [6.07, 6.45) is 4.22. The van der Waals surface area contributed by atoms with Crippen molar-refractivity contribution in [2.75, 3.05) is 7.11 Å². The van der Waals surface area contributed by atoms with Crippen LogP contribution >= 0.6 is 0 Å². The molecule has 0 unspecified atom stereocenters. The summed E-state index contributed by atoms with van der Waals surface area (Å²) in [5.74, 6) is -0.663. The van der Waals surface area contributed by atoms with Crippen LogP contribution in [0.15, 0.2) is 11.6 Å². The van der Waals surface area contributed by atoms with Crippen LogP contribution in [0.3, 0.4) is 0 Å². The number of cyclic esters (lactones) is 1. The standard InChI is InChI=1S/C19H24O5/c1-5-13-12(3)15-10-24-19(22)17(15)18(21)14(13)8-6-11(2)7-9-16(20)23-4/h6,21H,5,7-10H2,1-4H3/b11-6+. The molecule has 1 aliphatic heterocycles. The second kappa shape index (κ2) is 7.51. The molecule has 1 aromatic rings. The summed E-state index contributed by atoms with van der Waals surface area (Å²) in [5, 5.41) is 10.6. The van der Waals surface area contributed by atoms with Gasteiger partial charge in [0.15, 0.2) is 0 Å². The Labute approximate surface area is 142 Å². The maximum atomic E-state index is 11.9. The van der Waals surface area contributed by atoms with Gasteiger partial charge in [-0.05, 0) is 44.2 Å². The number of phenols is 1. The van der Waals surface area contributed by atoms with Crippen molar-refractivity contribution in [2.45, 2.75) is 53.1 Å². The Hall–Kier alpha value is -2.30. The zero-order valence-electron chi connectivity index (χ0n) is 14.7. The lowest BCUT2D eigenvalue weighted by Gasteiger charge is -2.16. The highest BCUT2D eigenvalue weighted by molar-refractivity contribution is 5.97. The minimum Gasteiger partial charge on any atom is -0.507 e. The number of allylic oxidation sites excluding steroid dienone is 2. The average molecular weight is 332 g/mol. The van der Waals surface area contributed by atoms with Crippen LogP contribution in [0, 0.1) is 6.92 Å². The third-order valence-corrected chi connectivity index (χ3v) is 4.61. The lowest BCUT2D eigenvalue weighted by atomic mass is 9.89. The molecule has 0 saturated heterocycles. The van der Waals surface area contributed by atoms with Gasteiger partial charge in [0.2, 0.25) is 0 Å². The molecule has 24 heavy (non-hydrogen) atoms. The summed E-state index contributed by atoms with van der Waals surface area (Å²) < 4.78 is 9.72. The van der Waals surface area contributed by atoms with Crippen molar-refractivity contribution in [3.8, 4) is 5.75 Å². The van der Waals surface area contributed by atoms with Crippen LogP contribution < -0.4 is 0 Å². The normalized spacial score (nSPS) is 13.7. The van der Waals surface area contributed by atoms with E-state index < -0.39 is 5.97 Å². The first-order valence-corrected chi connectivity index (χ1v) is 8.16. The first kappa shape index (κ1) is 18.0. The fourth-order valence-corrected chi connectivity index (χ4v) is 3.12. The van der Waals surface area contributed by atoms with Gasteiger partial charge in [-0.2, -0.15) is 0 Å². The largest absolute Gasteiger partial charge is 0.507 e. The zero-order valence-corrected chi connectivity index (χ0v) is 14.7. The Bertz CT molecular complexity index is 700. The number of aromatic hydroxyl groups is 1. The highest BCUT2D eigenvalue weighted by Gasteiger charge is 2.30. The number of methoxy groups -OCH3 is 1. The number of esters is 2. The van der Waals surface area contributed by atoms with Gasteiger partial charge in [-0.15, -0.1) is 0 Å². The molecule has 0 saturated carbocycles. The smallest absolute Gasteiger partial charge is 0.342 e. The van der Waals surface area contributed by atoms with Gasteiger partial charge in [-0.25, -0.2) is 4.79 Å². The summed E-state index contributed by atoms with van der Waals surface area (Å²) in [4.78, 5) is 23.1. The number of carbonyl (C=O) groups excluding carboxylic acids is 2. The van der Waals surface area contributed by atoms with E-state index in [-0.39, 0.29) is 18.3 Å². The Morgan fingerprint density at radius 2 is 2.04 bits per heavy atom. The van der Waals surface area contributed by atoms with Gasteiger partial charge >= 0.3 is 11.9 Å². The van der Waals surface area contributed by atoms with E-state index in [2.05, 4.69) is 4.74 Å². The first-order chi connectivity index (χ1) is 11.4. The summed E-state index contributed by atoms with van der Waals surface area (Å²) >= 11 is 0.